The minimum Gasteiger partial charge on any atom is -0.308 e. The second-order valence-corrected chi connectivity index (χ2v) is 6.81. The zero-order chi connectivity index (χ0) is 14.7. The van der Waals surface area contributed by atoms with Crippen LogP contribution in [0.5, 0.6) is 0 Å². The third kappa shape index (κ3) is 2.92. The lowest BCUT2D eigenvalue weighted by Crippen LogP contribution is -2.30. The number of fused-ring (bicyclic) bond motifs is 1. The van der Waals surface area contributed by atoms with E-state index in [0.29, 0.717) is 12.0 Å². The lowest BCUT2D eigenvalue weighted by molar-refractivity contribution is 0.383. The highest BCUT2D eigenvalue weighted by atomic mass is 32.1. The number of thiophene rings is 1. The van der Waals surface area contributed by atoms with E-state index in [2.05, 4.69) is 46.5 Å². The Morgan fingerprint density at radius 1 is 1.43 bits per heavy atom. The van der Waals surface area contributed by atoms with Gasteiger partial charge in [-0.1, -0.05) is 13.8 Å². The predicted octanol–water partition coefficient (Wildman–Crippen LogP) is 4.13. The highest BCUT2D eigenvalue weighted by Gasteiger charge is 2.31. The Morgan fingerprint density at radius 3 is 3.14 bits per heavy atom. The molecule has 0 aliphatic heterocycles. The molecule has 4 heteroatoms. The Hall–Kier alpha value is -1.13. The van der Waals surface area contributed by atoms with Gasteiger partial charge in [-0.2, -0.15) is 5.10 Å². The molecule has 0 saturated heterocycles. The topological polar surface area (TPSA) is 29.9 Å². The summed E-state index contributed by atoms with van der Waals surface area (Å²) in [6.45, 7) is 6.42. The van der Waals surface area contributed by atoms with E-state index in [0.717, 1.165) is 19.5 Å². The average Bonchev–Trinajstić information content (AvgIpc) is 3.13. The summed E-state index contributed by atoms with van der Waals surface area (Å²) < 4.78 is 2.19. The first-order chi connectivity index (χ1) is 10.3. The van der Waals surface area contributed by atoms with Crippen molar-refractivity contribution in [2.75, 3.05) is 6.54 Å². The van der Waals surface area contributed by atoms with Crippen LogP contribution in [-0.2, 0) is 13.0 Å². The average molecular weight is 303 g/mol. The summed E-state index contributed by atoms with van der Waals surface area (Å²) in [5.74, 6) is 0.590. The molecule has 1 aliphatic carbocycles. The van der Waals surface area contributed by atoms with Crippen molar-refractivity contribution < 1.29 is 0 Å². The van der Waals surface area contributed by atoms with Gasteiger partial charge in [-0.15, -0.1) is 11.3 Å². The van der Waals surface area contributed by atoms with Gasteiger partial charge in [0.05, 0.1) is 11.7 Å². The van der Waals surface area contributed by atoms with Gasteiger partial charge < -0.3 is 5.32 Å². The standard InChI is InChI=1S/C17H25N3S/c1-3-11-20-15(8-10-19-20)17(18-4-2)14-6-5-7-16-13(14)9-12-21-16/h8-10,12,14,17-18H,3-7,11H2,1-2H3. The van der Waals surface area contributed by atoms with Gasteiger partial charge in [0.1, 0.15) is 0 Å². The third-order valence-electron chi connectivity index (χ3n) is 4.43. The van der Waals surface area contributed by atoms with Crippen LogP contribution in [0.3, 0.4) is 0 Å². The first-order valence-electron chi connectivity index (χ1n) is 8.16. The molecule has 2 atom stereocenters. The molecule has 0 aromatic carbocycles. The molecular formula is C17H25N3S. The lowest BCUT2D eigenvalue weighted by atomic mass is 9.81. The van der Waals surface area contributed by atoms with Crippen LogP contribution < -0.4 is 5.32 Å². The molecule has 2 aromatic heterocycles. The van der Waals surface area contributed by atoms with Crippen molar-refractivity contribution in [3.8, 4) is 0 Å². The third-order valence-corrected chi connectivity index (χ3v) is 5.42. The fraction of sp³-hybridized carbons (Fsp3) is 0.588. The second-order valence-electron chi connectivity index (χ2n) is 5.81. The second kappa shape index (κ2) is 6.75. The van der Waals surface area contributed by atoms with Crippen molar-refractivity contribution in [2.24, 2.45) is 0 Å². The van der Waals surface area contributed by atoms with E-state index in [-0.39, 0.29) is 0 Å². The SMILES string of the molecule is CCCn1nccc1C(NCC)C1CCCc2sccc21. The zero-order valence-corrected chi connectivity index (χ0v) is 13.8. The van der Waals surface area contributed by atoms with E-state index in [4.69, 9.17) is 0 Å². The summed E-state index contributed by atoms with van der Waals surface area (Å²) in [6.07, 6.45) is 6.92. The maximum Gasteiger partial charge on any atom is 0.0561 e. The maximum atomic E-state index is 4.53. The van der Waals surface area contributed by atoms with Crippen LogP contribution in [0.2, 0.25) is 0 Å². The molecular weight excluding hydrogens is 278 g/mol. The Balaban J connectivity index is 1.94. The molecule has 1 aliphatic rings. The number of nitrogens with zero attached hydrogens (tertiary/aromatic N) is 2. The summed E-state index contributed by atoms with van der Waals surface area (Å²) in [5.41, 5.74) is 2.92. The number of aromatic nitrogens is 2. The van der Waals surface area contributed by atoms with Gasteiger partial charge in [-0.25, -0.2) is 0 Å². The minimum atomic E-state index is 0.387. The molecule has 1 N–H and O–H groups in total. The van der Waals surface area contributed by atoms with Crippen LogP contribution >= 0.6 is 11.3 Å². The van der Waals surface area contributed by atoms with Crippen LogP contribution in [0.25, 0.3) is 0 Å². The monoisotopic (exact) mass is 303 g/mol. The summed E-state index contributed by atoms with van der Waals surface area (Å²) >= 11 is 1.93. The van der Waals surface area contributed by atoms with Crippen LogP contribution in [0.1, 0.15) is 61.2 Å². The Kier molecular flexibility index (Phi) is 4.76. The fourth-order valence-corrected chi connectivity index (χ4v) is 4.54. The van der Waals surface area contributed by atoms with Crippen LogP contribution in [-0.4, -0.2) is 16.3 Å². The van der Waals surface area contributed by atoms with E-state index >= 15 is 0 Å². The molecule has 0 radical (unpaired) electrons. The molecule has 0 amide bonds. The fourth-order valence-electron chi connectivity index (χ4n) is 3.55. The molecule has 2 aromatic rings. The highest BCUT2D eigenvalue weighted by molar-refractivity contribution is 7.10. The molecule has 0 fully saturated rings. The van der Waals surface area contributed by atoms with Crippen molar-refractivity contribution in [1.29, 1.82) is 0 Å². The van der Waals surface area contributed by atoms with Crippen molar-refractivity contribution in [1.82, 2.24) is 15.1 Å². The molecule has 114 valence electrons. The number of hydrogen-bond acceptors (Lipinski definition) is 3. The number of likely N-dealkylation sites (N-methyl/N-ethyl adjacent to an activating group) is 1. The van der Waals surface area contributed by atoms with Gasteiger partial charge in [0.2, 0.25) is 0 Å². The van der Waals surface area contributed by atoms with E-state index in [1.165, 1.54) is 25.0 Å². The first kappa shape index (κ1) is 14.8. The smallest absolute Gasteiger partial charge is 0.0561 e. The molecule has 0 bridgehead atoms. The molecule has 3 nitrogen and oxygen atoms in total. The summed E-state index contributed by atoms with van der Waals surface area (Å²) in [6, 6.07) is 4.93. The van der Waals surface area contributed by atoms with Gasteiger partial charge in [0, 0.05) is 23.5 Å². The number of aryl methyl sites for hydroxylation is 2. The Morgan fingerprint density at radius 2 is 2.33 bits per heavy atom. The highest BCUT2D eigenvalue weighted by Crippen LogP contribution is 2.42. The minimum absolute atomic E-state index is 0.387. The quantitative estimate of drug-likeness (QED) is 0.869. The zero-order valence-electron chi connectivity index (χ0n) is 13.0. The summed E-state index contributed by atoms with van der Waals surface area (Å²) in [5, 5.41) is 10.5. The van der Waals surface area contributed by atoms with Gasteiger partial charge in [0.15, 0.2) is 0 Å². The molecule has 0 saturated carbocycles. The van der Waals surface area contributed by atoms with Crippen molar-refractivity contribution in [3.63, 3.8) is 0 Å². The molecule has 0 spiro atoms. The van der Waals surface area contributed by atoms with Gasteiger partial charge in [0.25, 0.3) is 0 Å². The molecule has 3 rings (SSSR count). The number of nitrogens with one attached hydrogen (secondary N) is 1. The normalized spacial score (nSPS) is 19.4. The number of rotatable bonds is 6. The molecule has 2 unspecified atom stereocenters. The van der Waals surface area contributed by atoms with Crippen molar-refractivity contribution in [2.45, 2.75) is 58.0 Å². The molecule has 2 heterocycles. The van der Waals surface area contributed by atoms with E-state index in [1.807, 2.05) is 17.5 Å². The van der Waals surface area contributed by atoms with Crippen molar-refractivity contribution in [3.05, 3.63) is 39.8 Å². The largest absolute Gasteiger partial charge is 0.308 e. The van der Waals surface area contributed by atoms with E-state index in [1.54, 1.807) is 10.4 Å². The molecule has 21 heavy (non-hydrogen) atoms. The maximum absolute atomic E-state index is 4.53. The van der Waals surface area contributed by atoms with Crippen molar-refractivity contribution >= 4 is 11.3 Å². The van der Waals surface area contributed by atoms with Crippen LogP contribution in [0, 0.1) is 0 Å². The summed E-state index contributed by atoms with van der Waals surface area (Å²) in [7, 11) is 0. The van der Waals surface area contributed by atoms with Crippen LogP contribution in [0.4, 0.5) is 0 Å². The van der Waals surface area contributed by atoms with Gasteiger partial charge in [-0.3, -0.25) is 4.68 Å². The van der Waals surface area contributed by atoms with Gasteiger partial charge >= 0.3 is 0 Å². The van der Waals surface area contributed by atoms with E-state index in [9.17, 15) is 0 Å². The predicted molar refractivity (Wildman–Crippen MR) is 88.9 cm³/mol. The Bertz CT molecular complexity index is 572. The Labute approximate surface area is 131 Å². The lowest BCUT2D eigenvalue weighted by Gasteiger charge is -2.31. The van der Waals surface area contributed by atoms with Crippen LogP contribution in [0.15, 0.2) is 23.7 Å². The van der Waals surface area contributed by atoms with Gasteiger partial charge in [-0.05, 0) is 55.3 Å². The first-order valence-corrected chi connectivity index (χ1v) is 9.04. The number of hydrogen-bond donors (Lipinski definition) is 1. The van der Waals surface area contributed by atoms with E-state index < -0.39 is 0 Å². The summed E-state index contributed by atoms with van der Waals surface area (Å²) in [4.78, 5) is 1.59.